The van der Waals surface area contributed by atoms with Gasteiger partial charge in [0, 0.05) is 0 Å². The zero-order valence-corrected chi connectivity index (χ0v) is 29.6. The summed E-state index contributed by atoms with van der Waals surface area (Å²) < 4.78 is 50.9. The number of halogens is 1. The summed E-state index contributed by atoms with van der Waals surface area (Å²) in [5, 5.41) is 45.8. The number of aliphatic hydroxyl groups is 2. The van der Waals surface area contributed by atoms with Gasteiger partial charge in [-0.15, -0.1) is 0 Å². The first-order chi connectivity index (χ1) is 24.5. The van der Waals surface area contributed by atoms with Gasteiger partial charge in [-0.1, -0.05) is 77.6 Å². The maximum atomic E-state index is 14.0. The monoisotopic (exact) mass is 728 g/mol. The van der Waals surface area contributed by atoms with E-state index < -0.39 is 55.9 Å². The van der Waals surface area contributed by atoms with E-state index in [1.54, 1.807) is 18.2 Å². The molecule has 3 heterocycles. The number of anilines is 1. The molecule has 2 aromatic heterocycles. The molecule has 14 nitrogen and oxygen atoms in total. The number of nitrogen functional groups attached to an aromatic ring is 1. The van der Waals surface area contributed by atoms with E-state index in [-0.39, 0.29) is 23.7 Å². The van der Waals surface area contributed by atoms with Gasteiger partial charge in [-0.05, 0) is 42.3 Å². The van der Waals surface area contributed by atoms with Crippen molar-refractivity contribution in [2.75, 3.05) is 12.3 Å². The summed E-state index contributed by atoms with van der Waals surface area (Å²) in [5.41, 5.74) is 2.58. The Labute approximate surface area is 296 Å². The number of hydrogen-bond acceptors (Lipinski definition) is 12. The van der Waals surface area contributed by atoms with Crippen LogP contribution >= 0.6 is 7.82 Å². The Kier molecular flexibility index (Phi) is 12.8. The summed E-state index contributed by atoms with van der Waals surface area (Å²) in [6.07, 6.45) is 8.71. The van der Waals surface area contributed by atoms with Gasteiger partial charge in [0.1, 0.15) is 35.9 Å². The first-order valence-corrected chi connectivity index (χ1v) is 19.0. The van der Waals surface area contributed by atoms with Gasteiger partial charge in [0.15, 0.2) is 17.5 Å². The van der Waals surface area contributed by atoms with Crippen LogP contribution in [0.25, 0.3) is 5.52 Å². The normalized spacial score (nSPS) is 25.6. The van der Waals surface area contributed by atoms with Crippen molar-refractivity contribution in [2.24, 2.45) is 0 Å². The molecule has 5 rings (SSSR count). The highest BCUT2D eigenvalue weighted by atomic mass is 31.2. The zero-order valence-electron chi connectivity index (χ0n) is 28.7. The number of fused-ring (bicyclic) bond motifs is 2. The average Bonchev–Trinajstić information content (AvgIpc) is 3.34. The number of aromatic nitrogens is 3. The maximum absolute atomic E-state index is 14.0. The Bertz CT molecular complexity index is 1780. The number of nitrogens with two attached hydrogens (primary N) is 1. The standard InChI is InChI=1S/C35H46FN6O8P/c1-2-3-4-5-6-7-8-9-10-11-12-13-27(47-20-25-16-24(19-37)17-26(36)18-25)21-48-51(45,46)50-33-34(22-38)35(33,44)31(43)30(49-34)28-14-15-29-32(39)40-23-41-42(28)29/h14-18,23,27,30-31,33,43-44H,2-13,20-21H2,1H3,(H,45,46)(H2,39,40,41)/t27-,30-,31-,33?,34+,35+/m0/s1. The van der Waals surface area contributed by atoms with Gasteiger partial charge in [-0.2, -0.15) is 15.6 Å². The van der Waals surface area contributed by atoms with Crippen molar-refractivity contribution in [1.82, 2.24) is 14.6 Å². The van der Waals surface area contributed by atoms with Crippen LogP contribution in [0.3, 0.4) is 0 Å². The van der Waals surface area contributed by atoms with Crippen LogP contribution in [0.2, 0.25) is 0 Å². The lowest BCUT2D eigenvalue weighted by atomic mass is 10.0. The van der Waals surface area contributed by atoms with E-state index in [0.717, 1.165) is 31.7 Å². The molecule has 1 aliphatic heterocycles. The van der Waals surface area contributed by atoms with Gasteiger partial charge in [0.2, 0.25) is 5.60 Å². The van der Waals surface area contributed by atoms with Gasteiger partial charge in [-0.3, -0.25) is 9.05 Å². The molecule has 2 aliphatic rings. The highest BCUT2D eigenvalue weighted by Gasteiger charge is 2.90. The molecule has 7 atom stereocenters. The number of rotatable bonds is 21. The summed E-state index contributed by atoms with van der Waals surface area (Å²) in [7, 11) is -4.96. The first-order valence-electron chi connectivity index (χ1n) is 17.5. The fourth-order valence-electron chi connectivity index (χ4n) is 6.79. The minimum absolute atomic E-state index is 0.0819. The highest BCUT2D eigenvalue weighted by molar-refractivity contribution is 7.47. The van der Waals surface area contributed by atoms with Gasteiger partial charge in [0.05, 0.1) is 36.6 Å². The van der Waals surface area contributed by atoms with Crippen LogP contribution in [0.1, 0.15) is 107 Å². The number of phosphoric acid groups is 1. The predicted molar refractivity (Wildman–Crippen MR) is 182 cm³/mol. The number of hydrogen-bond donors (Lipinski definition) is 4. The zero-order chi connectivity index (χ0) is 36.6. The molecule has 1 aromatic carbocycles. The molecule has 0 bridgehead atoms. The van der Waals surface area contributed by atoms with Gasteiger partial charge in [0.25, 0.3) is 0 Å². The summed E-state index contributed by atoms with van der Waals surface area (Å²) in [6, 6.07) is 10.7. The molecule has 276 valence electrons. The van der Waals surface area contributed by atoms with E-state index >= 15 is 0 Å². The molecule has 2 unspecified atom stereocenters. The van der Waals surface area contributed by atoms with E-state index in [4.69, 9.17) is 24.3 Å². The Morgan fingerprint density at radius 2 is 1.78 bits per heavy atom. The smallest absolute Gasteiger partial charge is 0.387 e. The quantitative estimate of drug-likeness (QED) is 0.0782. The Hall–Kier alpha value is -3.50. The van der Waals surface area contributed by atoms with Crippen LogP contribution in [-0.4, -0.2) is 65.8 Å². The minimum atomic E-state index is -4.96. The summed E-state index contributed by atoms with van der Waals surface area (Å²) in [5.74, 6) is -0.427. The third-order valence-electron chi connectivity index (χ3n) is 9.66. The molecule has 3 aromatic rings. The summed E-state index contributed by atoms with van der Waals surface area (Å²) in [6.45, 7) is 1.72. The lowest BCUT2D eigenvalue weighted by molar-refractivity contribution is -0.0769. The Morgan fingerprint density at radius 1 is 1.10 bits per heavy atom. The summed E-state index contributed by atoms with van der Waals surface area (Å²) >= 11 is 0. The number of phosphoric ester groups is 1. The van der Waals surface area contributed by atoms with Crippen molar-refractivity contribution in [3.8, 4) is 12.1 Å². The van der Waals surface area contributed by atoms with Crippen LogP contribution in [-0.2, 0) is 29.7 Å². The molecule has 0 radical (unpaired) electrons. The number of unbranched alkanes of at least 4 members (excludes halogenated alkanes) is 10. The number of nitrogens with zero attached hydrogens (tertiary/aromatic N) is 5. The first kappa shape index (κ1) is 38.7. The van der Waals surface area contributed by atoms with Gasteiger partial charge >= 0.3 is 7.82 Å². The number of benzene rings is 1. The predicted octanol–water partition coefficient (Wildman–Crippen LogP) is 5.55. The second-order valence-corrected chi connectivity index (χ2v) is 14.7. The van der Waals surface area contributed by atoms with Crippen LogP contribution in [0.15, 0.2) is 36.7 Å². The number of aliphatic hydroxyl groups excluding tert-OH is 1. The third-order valence-corrected chi connectivity index (χ3v) is 10.6. The van der Waals surface area contributed by atoms with Crippen molar-refractivity contribution in [3.05, 3.63) is 59.3 Å². The number of ether oxygens (including phenoxy) is 2. The van der Waals surface area contributed by atoms with E-state index in [2.05, 4.69) is 17.0 Å². The number of nitriles is 2. The van der Waals surface area contributed by atoms with Crippen molar-refractivity contribution in [2.45, 2.75) is 126 Å². The van der Waals surface area contributed by atoms with Crippen molar-refractivity contribution in [1.29, 1.82) is 10.5 Å². The molecule has 1 saturated carbocycles. The topological polar surface area (TPSA) is 218 Å². The lowest BCUT2D eigenvalue weighted by Crippen LogP contribution is -2.35. The van der Waals surface area contributed by atoms with Crippen molar-refractivity contribution >= 4 is 19.2 Å². The van der Waals surface area contributed by atoms with Crippen molar-refractivity contribution < 1.29 is 42.6 Å². The molecule has 16 heteroatoms. The Balaban J connectivity index is 1.16. The fraction of sp³-hybridized carbons (Fsp3) is 0.600. The van der Waals surface area contributed by atoms with E-state index in [1.807, 2.05) is 6.07 Å². The highest BCUT2D eigenvalue weighted by Crippen LogP contribution is 2.68. The van der Waals surface area contributed by atoms with E-state index in [1.165, 1.54) is 67.9 Å². The van der Waals surface area contributed by atoms with E-state index in [9.17, 15) is 34.6 Å². The molecule has 51 heavy (non-hydrogen) atoms. The molecule has 0 amide bonds. The second kappa shape index (κ2) is 16.9. The average molecular weight is 729 g/mol. The van der Waals surface area contributed by atoms with Gasteiger partial charge < -0.3 is 30.3 Å². The van der Waals surface area contributed by atoms with E-state index in [0.29, 0.717) is 17.5 Å². The minimum Gasteiger partial charge on any atom is -0.387 e. The second-order valence-electron chi connectivity index (χ2n) is 13.3. The Morgan fingerprint density at radius 3 is 2.43 bits per heavy atom. The maximum Gasteiger partial charge on any atom is 0.472 e. The molecule has 5 N–H and O–H groups in total. The molecule has 1 saturated heterocycles. The van der Waals surface area contributed by atoms with Crippen LogP contribution in [0.4, 0.5) is 10.2 Å². The van der Waals surface area contributed by atoms with Crippen LogP contribution < -0.4 is 5.73 Å². The lowest BCUT2D eigenvalue weighted by Gasteiger charge is -2.24. The van der Waals surface area contributed by atoms with Crippen molar-refractivity contribution in [3.63, 3.8) is 0 Å². The third kappa shape index (κ3) is 8.60. The molecule has 0 spiro atoms. The largest absolute Gasteiger partial charge is 0.472 e. The fourth-order valence-corrected chi connectivity index (χ4v) is 7.78. The van der Waals surface area contributed by atoms with Crippen LogP contribution in [0, 0.1) is 28.5 Å². The summed E-state index contributed by atoms with van der Waals surface area (Å²) in [4.78, 5) is 14.6. The van der Waals surface area contributed by atoms with Crippen LogP contribution in [0.5, 0.6) is 0 Å². The molecule has 1 aliphatic carbocycles. The molecular weight excluding hydrogens is 682 g/mol. The molecule has 2 fully saturated rings. The molecular formula is C35H46FN6O8P. The van der Waals surface area contributed by atoms with Gasteiger partial charge in [-0.25, -0.2) is 18.5 Å². The SMILES string of the molecule is CCCCCCCCCCCCC[C@@H](COP(=O)(O)OC1[C@@]2(C#N)O[C@@H](c3ccc4c(N)ncnn34)[C@H](O)[C@@]12O)OCc1cc(F)cc(C#N)c1.